The van der Waals surface area contributed by atoms with Gasteiger partial charge < -0.3 is 14.2 Å². The van der Waals surface area contributed by atoms with Crippen LogP contribution in [0.1, 0.15) is 239 Å². The van der Waals surface area contributed by atoms with E-state index in [1.807, 2.05) is 0 Å². The summed E-state index contributed by atoms with van der Waals surface area (Å²) in [5, 5.41) is 0. The molecule has 0 bridgehead atoms. The molecule has 0 aliphatic heterocycles. The quantitative estimate of drug-likeness (QED) is 0.0262. The fourth-order valence-corrected chi connectivity index (χ4v) is 6.99. The highest BCUT2D eigenvalue weighted by atomic mass is 16.6. The lowest BCUT2D eigenvalue weighted by Crippen LogP contribution is -2.30. The number of hydrogen-bond acceptors (Lipinski definition) is 6. The van der Waals surface area contributed by atoms with E-state index in [9.17, 15) is 14.4 Å². The zero-order valence-corrected chi connectivity index (χ0v) is 41.1. The SMILES string of the molecule is CC/C=C\C/C=C\C/C=C\CCCCCCCCC(=O)OCC(COC(=O)CCCCCC/C=C\C/C=C\C/C=C\CC)OC(=O)CCCCCCCCC/C=C\CCCCCC. The molecule has 0 radical (unpaired) electrons. The maximum atomic E-state index is 12.8. The summed E-state index contributed by atoms with van der Waals surface area (Å²) >= 11 is 0. The Bertz CT molecular complexity index is 1240. The molecular formula is C57H96O6. The van der Waals surface area contributed by atoms with Crippen LogP contribution in [0.4, 0.5) is 0 Å². The Kier molecular flexibility index (Phi) is 48.5. The van der Waals surface area contributed by atoms with Gasteiger partial charge in [-0.25, -0.2) is 0 Å². The summed E-state index contributed by atoms with van der Waals surface area (Å²) in [6.45, 7) is 6.37. The summed E-state index contributed by atoms with van der Waals surface area (Å²) < 4.78 is 16.8. The minimum atomic E-state index is -0.793. The third kappa shape index (κ3) is 49.5. The number of hydrogen-bond donors (Lipinski definition) is 0. The molecule has 0 amide bonds. The van der Waals surface area contributed by atoms with Crippen LogP contribution in [0.2, 0.25) is 0 Å². The highest BCUT2D eigenvalue weighted by Crippen LogP contribution is 2.14. The number of esters is 3. The maximum Gasteiger partial charge on any atom is 0.306 e. The van der Waals surface area contributed by atoms with Crippen LogP contribution < -0.4 is 0 Å². The van der Waals surface area contributed by atoms with Gasteiger partial charge in [0, 0.05) is 19.3 Å². The van der Waals surface area contributed by atoms with Crippen molar-refractivity contribution in [1.29, 1.82) is 0 Å². The third-order valence-electron chi connectivity index (χ3n) is 10.9. The minimum Gasteiger partial charge on any atom is -0.462 e. The highest BCUT2D eigenvalue weighted by molar-refractivity contribution is 5.71. The molecule has 1 atom stereocenters. The Labute approximate surface area is 388 Å². The second-order valence-electron chi connectivity index (χ2n) is 17.0. The van der Waals surface area contributed by atoms with Crippen LogP contribution in [0.15, 0.2) is 85.1 Å². The molecule has 1 unspecified atom stereocenters. The first-order valence-electron chi connectivity index (χ1n) is 26.1. The van der Waals surface area contributed by atoms with Gasteiger partial charge in [-0.2, -0.15) is 0 Å². The molecule has 6 heteroatoms. The zero-order chi connectivity index (χ0) is 45.8. The lowest BCUT2D eigenvalue weighted by Gasteiger charge is -2.18. The van der Waals surface area contributed by atoms with Crippen molar-refractivity contribution in [3.63, 3.8) is 0 Å². The largest absolute Gasteiger partial charge is 0.462 e. The normalized spacial score (nSPS) is 12.7. The minimum absolute atomic E-state index is 0.0929. The van der Waals surface area contributed by atoms with Crippen LogP contribution in [0.3, 0.4) is 0 Å². The van der Waals surface area contributed by atoms with E-state index in [0.717, 1.165) is 116 Å². The van der Waals surface area contributed by atoms with Crippen molar-refractivity contribution in [2.45, 2.75) is 245 Å². The van der Waals surface area contributed by atoms with E-state index in [1.165, 1.54) is 83.5 Å². The van der Waals surface area contributed by atoms with Crippen LogP contribution in [-0.4, -0.2) is 37.2 Å². The molecular weight excluding hydrogens is 781 g/mol. The van der Waals surface area contributed by atoms with Crippen LogP contribution in [0, 0.1) is 0 Å². The average molecular weight is 877 g/mol. The van der Waals surface area contributed by atoms with Crippen LogP contribution in [0.5, 0.6) is 0 Å². The molecule has 6 nitrogen and oxygen atoms in total. The topological polar surface area (TPSA) is 78.9 Å². The molecule has 0 spiro atoms. The summed E-state index contributed by atoms with van der Waals surface area (Å²) in [6, 6.07) is 0. The number of rotatable bonds is 46. The van der Waals surface area contributed by atoms with Gasteiger partial charge in [0.15, 0.2) is 6.10 Å². The molecule has 0 heterocycles. The first-order valence-corrected chi connectivity index (χ1v) is 26.1. The van der Waals surface area contributed by atoms with Crippen molar-refractivity contribution >= 4 is 17.9 Å². The van der Waals surface area contributed by atoms with Crippen molar-refractivity contribution in [1.82, 2.24) is 0 Å². The van der Waals surface area contributed by atoms with E-state index in [2.05, 4.69) is 106 Å². The van der Waals surface area contributed by atoms with Crippen LogP contribution >= 0.6 is 0 Å². The van der Waals surface area contributed by atoms with Gasteiger partial charge in [-0.15, -0.1) is 0 Å². The molecule has 0 aromatic carbocycles. The maximum absolute atomic E-state index is 12.8. The first kappa shape index (κ1) is 59.6. The van der Waals surface area contributed by atoms with Gasteiger partial charge in [-0.05, 0) is 109 Å². The highest BCUT2D eigenvalue weighted by Gasteiger charge is 2.19. The lowest BCUT2D eigenvalue weighted by molar-refractivity contribution is -0.167. The standard InChI is InChI=1S/C57H96O6/c1-4-7-10-13-16-19-22-25-28-30-32-35-38-41-44-47-50-56(59)62-53-54(52-61-55(58)49-46-43-40-37-34-31-27-24-21-18-15-12-9-6-3)63-57(60)51-48-45-42-39-36-33-29-26-23-20-17-14-11-8-5-2/h7,9-10,12,16,18-21,23,25,27-28,31,54H,4-6,8,11,13-15,17,22,24,26,29-30,32-53H2,1-3H3/b10-7-,12-9-,19-16-,21-18-,23-20-,28-25-,31-27-. The zero-order valence-electron chi connectivity index (χ0n) is 41.1. The second kappa shape index (κ2) is 51.2. The van der Waals surface area contributed by atoms with Crippen molar-refractivity contribution in [2.24, 2.45) is 0 Å². The van der Waals surface area contributed by atoms with Gasteiger partial charge >= 0.3 is 17.9 Å². The van der Waals surface area contributed by atoms with Gasteiger partial charge in [0.1, 0.15) is 13.2 Å². The first-order chi connectivity index (χ1) is 31.0. The molecule has 0 rings (SSSR count). The van der Waals surface area contributed by atoms with Gasteiger partial charge in [0.05, 0.1) is 0 Å². The summed E-state index contributed by atoms with van der Waals surface area (Å²) in [7, 11) is 0. The van der Waals surface area contributed by atoms with E-state index in [0.29, 0.717) is 19.3 Å². The van der Waals surface area contributed by atoms with E-state index in [4.69, 9.17) is 14.2 Å². The summed E-state index contributed by atoms with van der Waals surface area (Å²) in [6.07, 6.45) is 65.6. The van der Waals surface area contributed by atoms with Crippen molar-refractivity contribution in [3.8, 4) is 0 Å². The van der Waals surface area contributed by atoms with Gasteiger partial charge in [-0.1, -0.05) is 196 Å². The van der Waals surface area contributed by atoms with Crippen LogP contribution in [0.25, 0.3) is 0 Å². The van der Waals surface area contributed by atoms with Gasteiger partial charge in [0.2, 0.25) is 0 Å². The van der Waals surface area contributed by atoms with Crippen molar-refractivity contribution < 1.29 is 28.6 Å². The second-order valence-corrected chi connectivity index (χ2v) is 17.0. The van der Waals surface area contributed by atoms with Crippen LogP contribution in [-0.2, 0) is 28.6 Å². The Morgan fingerprint density at radius 3 is 0.984 bits per heavy atom. The number of carbonyl (C=O) groups is 3. The number of allylic oxidation sites excluding steroid dienone is 14. The lowest BCUT2D eigenvalue weighted by atomic mass is 10.1. The predicted molar refractivity (Wildman–Crippen MR) is 270 cm³/mol. The Hall–Kier alpha value is -3.41. The molecule has 0 aromatic heterocycles. The number of unbranched alkanes of at least 4 members (excludes halogenated alkanes) is 21. The Balaban J connectivity index is 4.45. The smallest absolute Gasteiger partial charge is 0.306 e. The Morgan fingerprint density at radius 1 is 0.333 bits per heavy atom. The average Bonchev–Trinajstić information content (AvgIpc) is 3.28. The fourth-order valence-electron chi connectivity index (χ4n) is 6.99. The molecule has 0 saturated carbocycles. The van der Waals surface area contributed by atoms with Crippen molar-refractivity contribution in [2.75, 3.05) is 13.2 Å². The number of carbonyl (C=O) groups excluding carboxylic acids is 3. The molecule has 0 N–H and O–H groups in total. The summed E-state index contributed by atoms with van der Waals surface area (Å²) in [4.78, 5) is 38.0. The Morgan fingerprint density at radius 2 is 0.619 bits per heavy atom. The summed E-state index contributed by atoms with van der Waals surface area (Å²) in [5.41, 5.74) is 0. The molecule has 0 fully saturated rings. The van der Waals surface area contributed by atoms with E-state index in [1.54, 1.807) is 0 Å². The van der Waals surface area contributed by atoms with Crippen molar-refractivity contribution in [3.05, 3.63) is 85.1 Å². The molecule has 0 aliphatic carbocycles. The third-order valence-corrected chi connectivity index (χ3v) is 10.9. The van der Waals surface area contributed by atoms with E-state index >= 15 is 0 Å². The molecule has 360 valence electrons. The molecule has 0 saturated heterocycles. The van der Waals surface area contributed by atoms with E-state index < -0.39 is 6.10 Å². The molecule has 0 aliphatic rings. The number of ether oxygens (including phenoxy) is 3. The summed E-state index contributed by atoms with van der Waals surface area (Å²) in [5.74, 6) is -0.932. The van der Waals surface area contributed by atoms with Gasteiger partial charge in [-0.3, -0.25) is 14.4 Å². The fraction of sp³-hybridized carbons (Fsp3) is 0.702. The van der Waals surface area contributed by atoms with E-state index in [-0.39, 0.29) is 31.1 Å². The molecule has 0 aromatic rings. The van der Waals surface area contributed by atoms with Gasteiger partial charge in [0.25, 0.3) is 0 Å². The molecule has 63 heavy (non-hydrogen) atoms. The predicted octanol–water partition coefficient (Wildman–Crippen LogP) is 17.2. The monoisotopic (exact) mass is 877 g/mol.